The van der Waals surface area contributed by atoms with E-state index in [9.17, 15) is 13.2 Å². The van der Waals surface area contributed by atoms with Crippen LogP contribution in [0.1, 0.15) is 43.5 Å². The predicted molar refractivity (Wildman–Crippen MR) is 94.2 cm³/mol. The minimum atomic E-state index is -3.57. The van der Waals surface area contributed by atoms with Crippen LogP contribution in [0.15, 0.2) is 29.2 Å². The van der Waals surface area contributed by atoms with E-state index in [1.165, 1.54) is 16.4 Å². The molecule has 0 saturated heterocycles. The second-order valence-corrected chi connectivity index (χ2v) is 8.06. The molecule has 0 spiro atoms. The second kappa shape index (κ2) is 8.09. The van der Waals surface area contributed by atoms with Gasteiger partial charge in [-0.3, -0.25) is 4.79 Å². The smallest absolute Gasteiger partial charge is 0.251 e. The molecule has 1 aromatic rings. The molecule has 2 unspecified atom stereocenters. The average molecular weight is 353 g/mol. The minimum absolute atomic E-state index is 0.0746. The van der Waals surface area contributed by atoms with Gasteiger partial charge in [0.1, 0.15) is 0 Å². The third-order valence-electron chi connectivity index (χ3n) is 4.72. The van der Waals surface area contributed by atoms with Gasteiger partial charge < -0.3 is 11.1 Å². The molecule has 1 fully saturated rings. The maximum atomic E-state index is 12.6. The fourth-order valence-electron chi connectivity index (χ4n) is 3.27. The minimum Gasteiger partial charge on any atom is -0.349 e. The molecule has 6 nitrogen and oxygen atoms in total. The van der Waals surface area contributed by atoms with Crippen molar-refractivity contribution in [1.82, 2.24) is 9.62 Å². The summed E-state index contributed by atoms with van der Waals surface area (Å²) in [7, 11) is -3.57. The molecule has 1 amide bonds. The van der Waals surface area contributed by atoms with E-state index in [1.807, 2.05) is 0 Å². The van der Waals surface area contributed by atoms with Crippen molar-refractivity contribution in [3.63, 3.8) is 0 Å². The Hall–Kier alpha value is -1.44. The van der Waals surface area contributed by atoms with Gasteiger partial charge in [-0.1, -0.05) is 26.3 Å². The zero-order valence-electron chi connectivity index (χ0n) is 14.4. The van der Waals surface area contributed by atoms with Crippen molar-refractivity contribution in [2.24, 2.45) is 11.7 Å². The van der Waals surface area contributed by atoms with Crippen LogP contribution in [-0.4, -0.2) is 44.3 Å². The summed E-state index contributed by atoms with van der Waals surface area (Å²) in [6.07, 6.45) is 3.01. The highest BCUT2D eigenvalue weighted by Crippen LogP contribution is 2.25. The normalized spacial score (nSPS) is 21.2. The van der Waals surface area contributed by atoms with Crippen molar-refractivity contribution in [1.29, 1.82) is 0 Å². The standard InChI is InChI=1S/C17H27N3O3S/c1-3-20(4-2)24(22,23)15-9-5-7-13(11-15)17(21)19-16-10-6-8-14(16)12-18/h5,7,9,11,14,16H,3-4,6,8,10,12,18H2,1-2H3,(H,19,21). The molecule has 134 valence electrons. The predicted octanol–water partition coefficient (Wildman–Crippen LogP) is 1.57. The van der Waals surface area contributed by atoms with Gasteiger partial charge in [-0.05, 0) is 43.5 Å². The van der Waals surface area contributed by atoms with Crippen LogP contribution in [0.2, 0.25) is 0 Å². The summed E-state index contributed by atoms with van der Waals surface area (Å²) in [5.41, 5.74) is 6.11. The van der Waals surface area contributed by atoms with E-state index in [0.29, 0.717) is 31.1 Å². The number of amides is 1. The maximum absolute atomic E-state index is 12.6. The number of carbonyl (C=O) groups excluding carboxylic acids is 1. The topological polar surface area (TPSA) is 92.5 Å². The Morgan fingerprint density at radius 2 is 2.00 bits per heavy atom. The summed E-state index contributed by atoms with van der Waals surface area (Å²) in [5, 5.41) is 3.00. The first-order chi connectivity index (χ1) is 11.4. The number of carbonyl (C=O) groups is 1. The number of nitrogens with zero attached hydrogens (tertiary/aromatic N) is 1. The quantitative estimate of drug-likeness (QED) is 0.778. The highest BCUT2D eigenvalue weighted by Gasteiger charge is 2.28. The SMILES string of the molecule is CCN(CC)S(=O)(=O)c1cccc(C(=O)NC2CCCC2CN)c1. The summed E-state index contributed by atoms with van der Waals surface area (Å²) < 4.78 is 26.6. The number of sulfonamides is 1. The summed E-state index contributed by atoms with van der Waals surface area (Å²) in [4.78, 5) is 12.6. The molecule has 1 aliphatic rings. The van der Waals surface area contributed by atoms with E-state index >= 15 is 0 Å². The third kappa shape index (κ3) is 3.96. The Balaban J connectivity index is 2.19. The van der Waals surface area contributed by atoms with E-state index in [4.69, 9.17) is 5.73 Å². The zero-order chi connectivity index (χ0) is 17.7. The fraction of sp³-hybridized carbons (Fsp3) is 0.588. The van der Waals surface area contributed by atoms with Crippen LogP contribution in [0.4, 0.5) is 0 Å². The van der Waals surface area contributed by atoms with Gasteiger partial charge in [-0.15, -0.1) is 0 Å². The van der Waals surface area contributed by atoms with Crippen LogP contribution in [0.25, 0.3) is 0 Å². The monoisotopic (exact) mass is 353 g/mol. The number of rotatable bonds is 7. The Morgan fingerprint density at radius 1 is 1.29 bits per heavy atom. The molecule has 7 heteroatoms. The maximum Gasteiger partial charge on any atom is 0.251 e. The van der Waals surface area contributed by atoms with E-state index < -0.39 is 10.0 Å². The molecular weight excluding hydrogens is 326 g/mol. The van der Waals surface area contributed by atoms with E-state index in [-0.39, 0.29) is 16.8 Å². The summed E-state index contributed by atoms with van der Waals surface area (Å²) >= 11 is 0. The molecule has 1 aromatic carbocycles. The number of nitrogens with one attached hydrogen (secondary N) is 1. The third-order valence-corrected chi connectivity index (χ3v) is 6.76. The lowest BCUT2D eigenvalue weighted by Crippen LogP contribution is -2.40. The van der Waals surface area contributed by atoms with Crippen molar-refractivity contribution in [2.45, 2.75) is 44.0 Å². The molecule has 0 aromatic heterocycles. The highest BCUT2D eigenvalue weighted by atomic mass is 32.2. The molecule has 3 N–H and O–H groups in total. The van der Waals surface area contributed by atoms with Crippen molar-refractivity contribution in [2.75, 3.05) is 19.6 Å². The molecule has 2 atom stereocenters. The first-order valence-electron chi connectivity index (χ1n) is 8.55. The average Bonchev–Trinajstić information content (AvgIpc) is 3.03. The lowest BCUT2D eigenvalue weighted by atomic mass is 10.0. The van der Waals surface area contributed by atoms with Gasteiger partial charge in [0.15, 0.2) is 0 Å². The van der Waals surface area contributed by atoms with Crippen LogP contribution >= 0.6 is 0 Å². The van der Waals surface area contributed by atoms with Gasteiger partial charge in [0.2, 0.25) is 10.0 Å². The Bertz CT molecular complexity index is 671. The largest absolute Gasteiger partial charge is 0.349 e. The molecule has 1 saturated carbocycles. The Labute approximate surface area is 144 Å². The van der Waals surface area contributed by atoms with Gasteiger partial charge in [0.25, 0.3) is 5.91 Å². The number of benzene rings is 1. The lowest BCUT2D eigenvalue weighted by Gasteiger charge is -2.20. The van der Waals surface area contributed by atoms with Crippen LogP contribution in [0, 0.1) is 5.92 Å². The number of nitrogens with two attached hydrogens (primary N) is 1. The van der Waals surface area contributed by atoms with Gasteiger partial charge >= 0.3 is 0 Å². The number of hydrogen-bond acceptors (Lipinski definition) is 4. The van der Waals surface area contributed by atoms with Gasteiger partial charge in [0, 0.05) is 24.7 Å². The van der Waals surface area contributed by atoms with Crippen molar-refractivity contribution >= 4 is 15.9 Å². The van der Waals surface area contributed by atoms with Crippen molar-refractivity contribution < 1.29 is 13.2 Å². The molecular formula is C17H27N3O3S. The van der Waals surface area contributed by atoms with Crippen LogP contribution in [0.5, 0.6) is 0 Å². The molecule has 24 heavy (non-hydrogen) atoms. The second-order valence-electron chi connectivity index (χ2n) is 6.12. The number of hydrogen-bond donors (Lipinski definition) is 2. The van der Waals surface area contributed by atoms with Gasteiger partial charge in [0.05, 0.1) is 4.90 Å². The van der Waals surface area contributed by atoms with E-state index in [1.54, 1.807) is 26.0 Å². The van der Waals surface area contributed by atoms with E-state index in [2.05, 4.69) is 5.32 Å². The highest BCUT2D eigenvalue weighted by molar-refractivity contribution is 7.89. The van der Waals surface area contributed by atoms with Crippen LogP contribution < -0.4 is 11.1 Å². The molecule has 0 radical (unpaired) electrons. The first-order valence-corrected chi connectivity index (χ1v) is 9.99. The zero-order valence-corrected chi connectivity index (χ0v) is 15.2. The summed E-state index contributed by atoms with van der Waals surface area (Å²) in [6.45, 7) is 4.95. The molecule has 2 rings (SSSR count). The summed E-state index contributed by atoms with van der Waals surface area (Å²) in [6, 6.07) is 6.31. The first kappa shape index (κ1) is 18.9. The molecule has 0 bridgehead atoms. The fourth-order valence-corrected chi connectivity index (χ4v) is 4.78. The molecule has 1 aliphatic carbocycles. The van der Waals surface area contributed by atoms with Crippen LogP contribution in [-0.2, 0) is 10.0 Å². The lowest BCUT2D eigenvalue weighted by molar-refractivity contribution is 0.0928. The summed E-state index contributed by atoms with van der Waals surface area (Å²) in [5.74, 6) is 0.0634. The van der Waals surface area contributed by atoms with Crippen molar-refractivity contribution in [3.05, 3.63) is 29.8 Å². The molecule has 0 heterocycles. The van der Waals surface area contributed by atoms with Gasteiger partial charge in [-0.25, -0.2) is 8.42 Å². The Kier molecular flexibility index (Phi) is 6.37. The van der Waals surface area contributed by atoms with Gasteiger partial charge in [-0.2, -0.15) is 4.31 Å². The van der Waals surface area contributed by atoms with Crippen LogP contribution in [0.3, 0.4) is 0 Å². The molecule has 0 aliphatic heterocycles. The Morgan fingerprint density at radius 3 is 2.62 bits per heavy atom. The van der Waals surface area contributed by atoms with E-state index in [0.717, 1.165) is 19.3 Å². The van der Waals surface area contributed by atoms with Crippen molar-refractivity contribution in [3.8, 4) is 0 Å².